The Morgan fingerprint density at radius 1 is 1.50 bits per heavy atom. The molecule has 0 aromatic heterocycles. The number of benzene rings is 1. The summed E-state index contributed by atoms with van der Waals surface area (Å²) in [6.07, 6.45) is 1.17. The molecular formula is C13H21N3. The summed E-state index contributed by atoms with van der Waals surface area (Å²) in [6, 6.07) is 6.71. The molecule has 1 unspecified atom stereocenters. The molecule has 2 rings (SSSR count). The normalized spacial score (nSPS) is 18.6. The molecule has 1 atom stereocenters. The summed E-state index contributed by atoms with van der Waals surface area (Å²) in [6.45, 7) is 6.47. The van der Waals surface area contributed by atoms with Crippen LogP contribution in [0.5, 0.6) is 0 Å². The van der Waals surface area contributed by atoms with Crippen LogP contribution in [0.2, 0.25) is 0 Å². The van der Waals surface area contributed by atoms with E-state index in [2.05, 4.69) is 36.6 Å². The molecule has 3 nitrogen and oxygen atoms in total. The molecule has 0 aliphatic carbocycles. The molecule has 0 amide bonds. The van der Waals surface area contributed by atoms with Gasteiger partial charge in [0.1, 0.15) is 0 Å². The minimum atomic E-state index is 0.565. The molecule has 1 heterocycles. The van der Waals surface area contributed by atoms with Crippen molar-refractivity contribution < 1.29 is 0 Å². The van der Waals surface area contributed by atoms with Gasteiger partial charge in [-0.25, -0.2) is 0 Å². The SMILES string of the molecule is CC(C)NCCC1CNc2ccc(N)cc21. The minimum Gasteiger partial charge on any atom is -0.399 e. The van der Waals surface area contributed by atoms with E-state index in [0.717, 1.165) is 18.8 Å². The quantitative estimate of drug-likeness (QED) is 0.680. The third-order valence-corrected chi connectivity index (χ3v) is 3.10. The predicted molar refractivity (Wildman–Crippen MR) is 69.8 cm³/mol. The van der Waals surface area contributed by atoms with E-state index in [0.29, 0.717) is 12.0 Å². The van der Waals surface area contributed by atoms with E-state index in [4.69, 9.17) is 5.73 Å². The summed E-state index contributed by atoms with van der Waals surface area (Å²) < 4.78 is 0. The van der Waals surface area contributed by atoms with E-state index in [1.165, 1.54) is 17.7 Å². The smallest absolute Gasteiger partial charge is 0.0377 e. The monoisotopic (exact) mass is 219 g/mol. The lowest BCUT2D eigenvalue weighted by atomic mass is 9.97. The van der Waals surface area contributed by atoms with Crippen molar-refractivity contribution >= 4 is 11.4 Å². The van der Waals surface area contributed by atoms with Gasteiger partial charge in [-0.1, -0.05) is 13.8 Å². The Labute approximate surface area is 97.4 Å². The Bertz CT molecular complexity index is 360. The largest absolute Gasteiger partial charge is 0.399 e. The van der Waals surface area contributed by atoms with E-state index < -0.39 is 0 Å². The van der Waals surface area contributed by atoms with Crippen LogP contribution in [0.3, 0.4) is 0 Å². The number of hydrogen-bond acceptors (Lipinski definition) is 3. The summed E-state index contributed by atoms with van der Waals surface area (Å²) in [7, 11) is 0. The van der Waals surface area contributed by atoms with Crippen LogP contribution in [0.25, 0.3) is 0 Å². The topological polar surface area (TPSA) is 50.1 Å². The first-order valence-electron chi connectivity index (χ1n) is 6.03. The van der Waals surface area contributed by atoms with Crippen LogP contribution < -0.4 is 16.4 Å². The highest BCUT2D eigenvalue weighted by atomic mass is 14.9. The zero-order chi connectivity index (χ0) is 11.5. The van der Waals surface area contributed by atoms with E-state index >= 15 is 0 Å². The van der Waals surface area contributed by atoms with Crippen molar-refractivity contribution in [1.29, 1.82) is 0 Å². The maximum atomic E-state index is 5.83. The van der Waals surface area contributed by atoms with Crippen LogP contribution in [0.15, 0.2) is 18.2 Å². The van der Waals surface area contributed by atoms with Crippen LogP contribution in [0.1, 0.15) is 31.7 Å². The Kier molecular flexibility index (Phi) is 3.34. The van der Waals surface area contributed by atoms with Gasteiger partial charge in [-0.05, 0) is 36.7 Å². The van der Waals surface area contributed by atoms with Gasteiger partial charge >= 0.3 is 0 Å². The highest BCUT2D eigenvalue weighted by molar-refractivity contribution is 5.62. The molecule has 3 heteroatoms. The Balaban J connectivity index is 1.97. The molecule has 0 saturated heterocycles. The molecule has 0 saturated carbocycles. The molecule has 1 aliphatic heterocycles. The molecule has 1 aliphatic rings. The van der Waals surface area contributed by atoms with Gasteiger partial charge in [0.15, 0.2) is 0 Å². The summed E-state index contributed by atoms with van der Waals surface area (Å²) >= 11 is 0. The van der Waals surface area contributed by atoms with Crippen molar-refractivity contribution in [3.8, 4) is 0 Å². The number of rotatable bonds is 4. The number of nitrogens with one attached hydrogen (secondary N) is 2. The second-order valence-corrected chi connectivity index (χ2v) is 4.82. The molecule has 88 valence electrons. The van der Waals surface area contributed by atoms with Crippen molar-refractivity contribution in [1.82, 2.24) is 5.32 Å². The summed E-state index contributed by atoms with van der Waals surface area (Å²) in [4.78, 5) is 0. The number of nitrogens with two attached hydrogens (primary N) is 1. The Morgan fingerprint density at radius 2 is 2.31 bits per heavy atom. The van der Waals surface area contributed by atoms with Crippen LogP contribution in [-0.4, -0.2) is 19.1 Å². The van der Waals surface area contributed by atoms with Crippen LogP contribution >= 0.6 is 0 Å². The maximum Gasteiger partial charge on any atom is 0.0377 e. The average molecular weight is 219 g/mol. The maximum absolute atomic E-state index is 5.83. The number of hydrogen-bond donors (Lipinski definition) is 3. The summed E-state index contributed by atoms with van der Waals surface area (Å²) in [5.41, 5.74) is 9.33. The Hall–Kier alpha value is -1.22. The van der Waals surface area contributed by atoms with Gasteiger partial charge in [0.25, 0.3) is 0 Å². The van der Waals surface area contributed by atoms with E-state index in [9.17, 15) is 0 Å². The van der Waals surface area contributed by atoms with E-state index in [-0.39, 0.29) is 0 Å². The van der Waals surface area contributed by atoms with Gasteiger partial charge in [-0.2, -0.15) is 0 Å². The fourth-order valence-corrected chi connectivity index (χ4v) is 2.23. The van der Waals surface area contributed by atoms with Gasteiger partial charge in [0.2, 0.25) is 0 Å². The van der Waals surface area contributed by atoms with Gasteiger partial charge in [0, 0.05) is 29.9 Å². The molecule has 0 radical (unpaired) electrons. The molecule has 4 N–H and O–H groups in total. The molecular weight excluding hydrogens is 198 g/mol. The second kappa shape index (κ2) is 4.74. The lowest BCUT2D eigenvalue weighted by Gasteiger charge is -2.13. The third-order valence-electron chi connectivity index (χ3n) is 3.10. The fraction of sp³-hybridized carbons (Fsp3) is 0.538. The van der Waals surface area contributed by atoms with Crippen LogP contribution in [0.4, 0.5) is 11.4 Å². The predicted octanol–water partition coefficient (Wildman–Crippen LogP) is 2.17. The van der Waals surface area contributed by atoms with Gasteiger partial charge in [-0.3, -0.25) is 0 Å². The van der Waals surface area contributed by atoms with Gasteiger partial charge in [-0.15, -0.1) is 0 Å². The minimum absolute atomic E-state index is 0.565. The van der Waals surface area contributed by atoms with Crippen molar-refractivity contribution in [2.45, 2.75) is 32.2 Å². The van der Waals surface area contributed by atoms with Gasteiger partial charge in [0.05, 0.1) is 0 Å². The highest BCUT2D eigenvalue weighted by Gasteiger charge is 2.21. The fourth-order valence-electron chi connectivity index (χ4n) is 2.23. The zero-order valence-corrected chi connectivity index (χ0v) is 10.1. The average Bonchev–Trinajstić information content (AvgIpc) is 2.60. The van der Waals surface area contributed by atoms with Crippen LogP contribution in [-0.2, 0) is 0 Å². The van der Waals surface area contributed by atoms with Crippen molar-refractivity contribution in [3.63, 3.8) is 0 Å². The first kappa shape index (κ1) is 11.3. The Morgan fingerprint density at radius 3 is 3.06 bits per heavy atom. The van der Waals surface area contributed by atoms with Crippen molar-refractivity contribution in [2.24, 2.45) is 0 Å². The number of nitrogen functional groups attached to an aromatic ring is 1. The molecule has 0 fully saturated rings. The molecule has 0 bridgehead atoms. The van der Waals surface area contributed by atoms with E-state index in [1.54, 1.807) is 0 Å². The lowest BCUT2D eigenvalue weighted by molar-refractivity contribution is 0.540. The van der Waals surface area contributed by atoms with Crippen molar-refractivity contribution in [3.05, 3.63) is 23.8 Å². The zero-order valence-electron chi connectivity index (χ0n) is 10.1. The standard InChI is InChI=1S/C13H21N3/c1-9(2)15-6-5-10-8-16-13-4-3-11(14)7-12(10)13/h3-4,7,9-10,15-16H,5-6,8,14H2,1-2H3. The molecule has 16 heavy (non-hydrogen) atoms. The first-order chi connectivity index (χ1) is 7.66. The van der Waals surface area contributed by atoms with Crippen LogP contribution in [0, 0.1) is 0 Å². The summed E-state index contributed by atoms with van der Waals surface area (Å²) in [5.74, 6) is 0.602. The first-order valence-corrected chi connectivity index (χ1v) is 6.03. The van der Waals surface area contributed by atoms with Gasteiger partial charge < -0.3 is 16.4 Å². The number of fused-ring (bicyclic) bond motifs is 1. The molecule has 1 aromatic carbocycles. The highest BCUT2D eigenvalue weighted by Crippen LogP contribution is 2.34. The van der Waals surface area contributed by atoms with E-state index in [1.807, 2.05) is 6.07 Å². The molecule has 0 spiro atoms. The third kappa shape index (κ3) is 2.47. The number of anilines is 2. The summed E-state index contributed by atoms with van der Waals surface area (Å²) in [5, 5.41) is 6.89. The lowest BCUT2D eigenvalue weighted by Crippen LogP contribution is -2.25. The second-order valence-electron chi connectivity index (χ2n) is 4.82. The molecule has 1 aromatic rings. The van der Waals surface area contributed by atoms with Crippen molar-refractivity contribution in [2.75, 3.05) is 24.1 Å².